The highest BCUT2D eigenvalue weighted by Gasteiger charge is 1.99. The van der Waals surface area contributed by atoms with Gasteiger partial charge in [-0.3, -0.25) is 4.79 Å². The Bertz CT molecular complexity index is 307. The van der Waals surface area contributed by atoms with Gasteiger partial charge in [-0.25, -0.2) is 0 Å². The van der Waals surface area contributed by atoms with Crippen LogP contribution in [0.2, 0.25) is 0 Å². The largest absolute Gasteiger partial charge is 0.298 e. The SMILES string of the molecule is C=CC(C)Sc1cccc(C=O)c1. The average Bonchev–Trinajstić information content (AvgIpc) is 2.18. The first-order valence-corrected chi connectivity index (χ1v) is 4.98. The molecule has 0 aromatic heterocycles. The summed E-state index contributed by atoms with van der Waals surface area (Å²) in [6, 6.07) is 7.58. The Labute approximate surface area is 82.9 Å². The van der Waals surface area contributed by atoms with E-state index in [-0.39, 0.29) is 0 Å². The molecule has 0 N–H and O–H groups in total. The first-order chi connectivity index (χ1) is 6.26. The van der Waals surface area contributed by atoms with Crippen LogP contribution in [0.1, 0.15) is 17.3 Å². The number of carbonyl (C=O) groups excluding carboxylic acids is 1. The van der Waals surface area contributed by atoms with Crippen LogP contribution >= 0.6 is 11.8 Å². The summed E-state index contributed by atoms with van der Waals surface area (Å²) in [6.45, 7) is 5.78. The second kappa shape index (κ2) is 4.87. The van der Waals surface area contributed by atoms with Crippen LogP contribution in [0.25, 0.3) is 0 Å². The van der Waals surface area contributed by atoms with Gasteiger partial charge >= 0.3 is 0 Å². The Morgan fingerprint density at radius 1 is 1.54 bits per heavy atom. The lowest BCUT2D eigenvalue weighted by Crippen LogP contribution is -1.88. The molecule has 0 spiro atoms. The van der Waals surface area contributed by atoms with Crippen molar-refractivity contribution in [3.8, 4) is 0 Å². The van der Waals surface area contributed by atoms with Crippen LogP contribution in [0.4, 0.5) is 0 Å². The molecule has 0 aliphatic rings. The number of benzene rings is 1. The minimum absolute atomic E-state index is 0.377. The summed E-state index contributed by atoms with van der Waals surface area (Å²) in [6.07, 6.45) is 2.75. The molecule has 0 bridgehead atoms. The maximum Gasteiger partial charge on any atom is 0.150 e. The standard InChI is InChI=1S/C11H12OS/c1-3-9(2)13-11-6-4-5-10(7-11)8-12/h3-9H,1H2,2H3. The average molecular weight is 192 g/mol. The smallest absolute Gasteiger partial charge is 0.150 e. The van der Waals surface area contributed by atoms with E-state index in [0.29, 0.717) is 5.25 Å². The van der Waals surface area contributed by atoms with E-state index < -0.39 is 0 Å². The Morgan fingerprint density at radius 3 is 2.92 bits per heavy atom. The Kier molecular flexibility index (Phi) is 3.77. The molecule has 1 aromatic rings. The van der Waals surface area contributed by atoms with Gasteiger partial charge in [0.25, 0.3) is 0 Å². The topological polar surface area (TPSA) is 17.1 Å². The zero-order valence-electron chi connectivity index (χ0n) is 7.57. The Balaban J connectivity index is 2.77. The van der Waals surface area contributed by atoms with Crippen LogP contribution in [0, 0.1) is 0 Å². The molecule has 0 radical (unpaired) electrons. The van der Waals surface area contributed by atoms with Crippen molar-refractivity contribution in [1.29, 1.82) is 0 Å². The molecule has 1 nitrogen and oxygen atoms in total. The van der Waals surface area contributed by atoms with Crippen LogP contribution in [-0.2, 0) is 0 Å². The lowest BCUT2D eigenvalue weighted by molar-refractivity contribution is 0.112. The van der Waals surface area contributed by atoms with E-state index in [2.05, 4.69) is 13.5 Å². The first-order valence-electron chi connectivity index (χ1n) is 4.10. The zero-order valence-corrected chi connectivity index (χ0v) is 8.38. The van der Waals surface area contributed by atoms with Crippen LogP contribution in [-0.4, -0.2) is 11.5 Å². The van der Waals surface area contributed by atoms with Gasteiger partial charge in [0.2, 0.25) is 0 Å². The fourth-order valence-corrected chi connectivity index (χ4v) is 1.81. The Morgan fingerprint density at radius 2 is 2.31 bits per heavy atom. The third kappa shape index (κ3) is 3.07. The second-order valence-electron chi connectivity index (χ2n) is 2.75. The van der Waals surface area contributed by atoms with Gasteiger partial charge in [-0.05, 0) is 19.1 Å². The van der Waals surface area contributed by atoms with E-state index in [4.69, 9.17) is 0 Å². The fourth-order valence-electron chi connectivity index (χ4n) is 0.924. The summed E-state index contributed by atoms with van der Waals surface area (Å²) >= 11 is 1.70. The molecular weight excluding hydrogens is 180 g/mol. The predicted molar refractivity (Wildman–Crippen MR) is 57.3 cm³/mol. The van der Waals surface area contributed by atoms with Crippen molar-refractivity contribution in [2.24, 2.45) is 0 Å². The molecule has 13 heavy (non-hydrogen) atoms. The van der Waals surface area contributed by atoms with Crippen molar-refractivity contribution in [3.63, 3.8) is 0 Å². The first kappa shape index (κ1) is 10.1. The number of aldehydes is 1. The number of thioether (sulfide) groups is 1. The molecule has 0 amide bonds. The van der Waals surface area contributed by atoms with E-state index in [9.17, 15) is 4.79 Å². The second-order valence-corrected chi connectivity index (χ2v) is 4.20. The molecule has 1 rings (SSSR count). The minimum atomic E-state index is 0.377. The molecule has 0 saturated heterocycles. The highest BCUT2D eigenvalue weighted by atomic mass is 32.2. The normalized spacial score (nSPS) is 12.1. The van der Waals surface area contributed by atoms with Crippen molar-refractivity contribution < 1.29 is 4.79 Å². The maximum absolute atomic E-state index is 10.5. The number of hydrogen-bond donors (Lipinski definition) is 0. The van der Waals surface area contributed by atoms with E-state index >= 15 is 0 Å². The molecular formula is C11H12OS. The monoisotopic (exact) mass is 192 g/mol. The maximum atomic E-state index is 10.5. The minimum Gasteiger partial charge on any atom is -0.298 e. The van der Waals surface area contributed by atoms with E-state index in [0.717, 1.165) is 16.7 Å². The van der Waals surface area contributed by atoms with Crippen molar-refractivity contribution >= 4 is 18.0 Å². The number of carbonyl (C=O) groups is 1. The van der Waals surface area contributed by atoms with Crippen LogP contribution in [0.3, 0.4) is 0 Å². The van der Waals surface area contributed by atoms with Gasteiger partial charge in [-0.15, -0.1) is 18.3 Å². The third-order valence-corrected chi connectivity index (χ3v) is 2.74. The molecule has 0 heterocycles. The molecule has 2 heteroatoms. The molecule has 0 aliphatic heterocycles. The number of rotatable bonds is 4. The zero-order chi connectivity index (χ0) is 9.68. The van der Waals surface area contributed by atoms with Gasteiger partial charge in [-0.1, -0.05) is 18.2 Å². The summed E-state index contributed by atoms with van der Waals surface area (Å²) in [4.78, 5) is 11.6. The lowest BCUT2D eigenvalue weighted by atomic mass is 10.2. The fraction of sp³-hybridized carbons (Fsp3) is 0.182. The van der Waals surface area contributed by atoms with Crippen molar-refractivity contribution in [2.75, 3.05) is 0 Å². The molecule has 1 unspecified atom stereocenters. The van der Waals surface area contributed by atoms with Crippen molar-refractivity contribution in [1.82, 2.24) is 0 Å². The summed E-state index contributed by atoms with van der Waals surface area (Å²) in [5.74, 6) is 0. The van der Waals surface area contributed by atoms with Crippen LogP contribution in [0.5, 0.6) is 0 Å². The van der Waals surface area contributed by atoms with Gasteiger partial charge in [0, 0.05) is 15.7 Å². The predicted octanol–water partition coefficient (Wildman–Crippen LogP) is 3.17. The van der Waals surface area contributed by atoms with E-state index in [1.54, 1.807) is 17.8 Å². The lowest BCUT2D eigenvalue weighted by Gasteiger charge is -2.05. The summed E-state index contributed by atoms with van der Waals surface area (Å²) < 4.78 is 0. The quantitative estimate of drug-likeness (QED) is 0.414. The van der Waals surface area contributed by atoms with Crippen molar-refractivity contribution in [2.45, 2.75) is 17.1 Å². The third-order valence-electron chi connectivity index (χ3n) is 1.65. The van der Waals surface area contributed by atoms with Crippen LogP contribution in [0.15, 0.2) is 41.8 Å². The molecule has 0 aliphatic carbocycles. The summed E-state index contributed by atoms with van der Waals surface area (Å²) in [7, 11) is 0. The highest BCUT2D eigenvalue weighted by Crippen LogP contribution is 2.23. The Hall–Kier alpha value is -1.02. The van der Waals surface area contributed by atoms with Crippen molar-refractivity contribution in [3.05, 3.63) is 42.5 Å². The van der Waals surface area contributed by atoms with E-state index in [1.807, 2.05) is 24.3 Å². The molecule has 1 aromatic carbocycles. The number of hydrogen-bond acceptors (Lipinski definition) is 2. The molecule has 68 valence electrons. The van der Waals surface area contributed by atoms with Gasteiger partial charge in [0.05, 0.1) is 0 Å². The van der Waals surface area contributed by atoms with Gasteiger partial charge < -0.3 is 0 Å². The van der Waals surface area contributed by atoms with E-state index in [1.165, 1.54) is 0 Å². The highest BCUT2D eigenvalue weighted by molar-refractivity contribution is 8.00. The molecule has 0 fully saturated rings. The van der Waals surface area contributed by atoms with Crippen LogP contribution < -0.4 is 0 Å². The molecule has 0 saturated carbocycles. The van der Waals surface area contributed by atoms with Gasteiger partial charge in [0.15, 0.2) is 0 Å². The summed E-state index contributed by atoms with van der Waals surface area (Å²) in [5, 5.41) is 0.377. The van der Waals surface area contributed by atoms with Gasteiger partial charge in [-0.2, -0.15) is 0 Å². The summed E-state index contributed by atoms with van der Waals surface area (Å²) in [5.41, 5.74) is 0.723. The van der Waals surface area contributed by atoms with Gasteiger partial charge in [0.1, 0.15) is 6.29 Å². The molecule has 1 atom stereocenters.